The second-order valence-corrected chi connectivity index (χ2v) is 6.66. The number of likely N-dealkylation sites (tertiary alicyclic amines) is 1. The molecule has 0 aromatic carbocycles. The van der Waals surface area contributed by atoms with Crippen LogP contribution in [0.5, 0.6) is 0 Å². The van der Waals surface area contributed by atoms with Gasteiger partial charge in [-0.25, -0.2) is 0 Å². The second-order valence-electron chi connectivity index (χ2n) is 6.66. The second kappa shape index (κ2) is 8.16. The summed E-state index contributed by atoms with van der Waals surface area (Å²) in [5.41, 5.74) is 0.574. The third-order valence-electron chi connectivity index (χ3n) is 4.45. The van der Waals surface area contributed by atoms with Crippen LogP contribution in [0, 0.1) is 5.41 Å². The smallest absolute Gasteiger partial charge is 0.00647 e. The fraction of sp³-hybridized carbons (Fsp3) is 1.00. The average molecular weight is 254 g/mol. The number of hydrogen-bond acceptors (Lipinski definition) is 2. The van der Waals surface area contributed by atoms with Gasteiger partial charge in [-0.2, -0.15) is 0 Å². The highest BCUT2D eigenvalue weighted by atomic mass is 15.1. The maximum absolute atomic E-state index is 3.58. The van der Waals surface area contributed by atoms with Crippen LogP contribution in [-0.4, -0.2) is 37.1 Å². The van der Waals surface area contributed by atoms with Gasteiger partial charge in [-0.05, 0) is 70.1 Å². The standard InChI is InChI=1S/C16H34N2/c1-5-15(17-6-2)9-7-12-18-13-8-10-16(3,4)11-14-18/h15,17H,5-14H2,1-4H3. The molecule has 1 heterocycles. The molecule has 18 heavy (non-hydrogen) atoms. The van der Waals surface area contributed by atoms with E-state index in [0.717, 1.165) is 12.6 Å². The van der Waals surface area contributed by atoms with E-state index in [1.54, 1.807) is 0 Å². The Morgan fingerprint density at radius 3 is 2.61 bits per heavy atom. The molecular formula is C16H34N2. The van der Waals surface area contributed by atoms with E-state index in [0.29, 0.717) is 5.41 Å². The van der Waals surface area contributed by atoms with E-state index >= 15 is 0 Å². The zero-order valence-corrected chi connectivity index (χ0v) is 13.1. The molecule has 0 spiro atoms. The molecule has 0 saturated carbocycles. The Labute approximate surface area is 115 Å². The first-order valence-electron chi connectivity index (χ1n) is 8.03. The van der Waals surface area contributed by atoms with Crippen LogP contribution in [0.4, 0.5) is 0 Å². The van der Waals surface area contributed by atoms with Crippen LogP contribution in [0.2, 0.25) is 0 Å². The Bertz CT molecular complexity index is 213. The normalized spacial score (nSPS) is 22.7. The monoisotopic (exact) mass is 254 g/mol. The Hall–Kier alpha value is -0.0800. The molecule has 0 aromatic heterocycles. The zero-order valence-electron chi connectivity index (χ0n) is 13.1. The minimum atomic E-state index is 0.574. The number of nitrogens with zero attached hydrogens (tertiary/aromatic N) is 1. The van der Waals surface area contributed by atoms with Crippen molar-refractivity contribution in [2.75, 3.05) is 26.2 Å². The summed E-state index contributed by atoms with van der Waals surface area (Å²) >= 11 is 0. The Kier molecular flexibility index (Phi) is 7.25. The van der Waals surface area contributed by atoms with Crippen molar-refractivity contribution in [2.24, 2.45) is 5.41 Å². The minimum absolute atomic E-state index is 0.574. The van der Waals surface area contributed by atoms with Crippen molar-refractivity contribution in [3.63, 3.8) is 0 Å². The molecule has 0 aromatic rings. The molecule has 0 aliphatic carbocycles. The van der Waals surface area contributed by atoms with Crippen molar-refractivity contribution in [1.29, 1.82) is 0 Å². The van der Waals surface area contributed by atoms with Gasteiger partial charge in [-0.1, -0.05) is 27.7 Å². The van der Waals surface area contributed by atoms with E-state index in [-0.39, 0.29) is 0 Å². The van der Waals surface area contributed by atoms with E-state index in [2.05, 4.69) is 37.9 Å². The summed E-state index contributed by atoms with van der Waals surface area (Å²) in [4.78, 5) is 2.69. The van der Waals surface area contributed by atoms with Gasteiger partial charge in [0.1, 0.15) is 0 Å². The lowest BCUT2D eigenvalue weighted by Gasteiger charge is -2.24. The molecule has 1 saturated heterocycles. The quantitative estimate of drug-likeness (QED) is 0.746. The van der Waals surface area contributed by atoms with Gasteiger partial charge in [0.15, 0.2) is 0 Å². The van der Waals surface area contributed by atoms with Crippen LogP contribution < -0.4 is 5.32 Å². The molecule has 1 unspecified atom stereocenters. The van der Waals surface area contributed by atoms with E-state index in [9.17, 15) is 0 Å². The molecule has 1 aliphatic rings. The van der Waals surface area contributed by atoms with Crippen molar-refractivity contribution < 1.29 is 0 Å². The van der Waals surface area contributed by atoms with E-state index in [1.807, 2.05) is 0 Å². The Morgan fingerprint density at radius 1 is 1.17 bits per heavy atom. The summed E-state index contributed by atoms with van der Waals surface area (Å²) in [6.45, 7) is 14.4. The number of hydrogen-bond donors (Lipinski definition) is 1. The zero-order chi connectivity index (χ0) is 13.4. The lowest BCUT2D eigenvalue weighted by molar-refractivity contribution is 0.254. The van der Waals surface area contributed by atoms with Crippen LogP contribution in [-0.2, 0) is 0 Å². The molecule has 2 nitrogen and oxygen atoms in total. The summed E-state index contributed by atoms with van der Waals surface area (Å²) in [6, 6.07) is 0.735. The van der Waals surface area contributed by atoms with Crippen molar-refractivity contribution in [1.82, 2.24) is 10.2 Å². The van der Waals surface area contributed by atoms with Crippen molar-refractivity contribution in [2.45, 2.75) is 72.3 Å². The first-order chi connectivity index (χ1) is 8.57. The lowest BCUT2D eigenvalue weighted by Crippen LogP contribution is -2.31. The summed E-state index contributed by atoms with van der Waals surface area (Å²) in [5, 5.41) is 3.58. The molecule has 0 amide bonds. The molecule has 2 heteroatoms. The molecular weight excluding hydrogens is 220 g/mol. The molecule has 1 aliphatic heterocycles. The molecule has 0 bridgehead atoms. The molecule has 1 rings (SSSR count). The summed E-state index contributed by atoms with van der Waals surface area (Å²) < 4.78 is 0. The van der Waals surface area contributed by atoms with E-state index < -0.39 is 0 Å². The van der Waals surface area contributed by atoms with Gasteiger partial charge >= 0.3 is 0 Å². The highest BCUT2D eigenvalue weighted by molar-refractivity contribution is 4.76. The molecule has 1 atom stereocenters. The van der Waals surface area contributed by atoms with Crippen molar-refractivity contribution >= 4 is 0 Å². The highest BCUT2D eigenvalue weighted by Crippen LogP contribution is 2.29. The summed E-state index contributed by atoms with van der Waals surface area (Å²) in [5.74, 6) is 0. The van der Waals surface area contributed by atoms with Crippen LogP contribution in [0.25, 0.3) is 0 Å². The molecule has 1 fully saturated rings. The van der Waals surface area contributed by atoms with Gasteiger partial charge in [0.2, 0.25) is 0 Å². The lowest BCUT2D eigenvalue weighted by atomic mass is 9.85. The maximum atomic E-state index is 3.58. The van der Waals surface area contributed by atoms with Gasteiger partial charge in [-0.3, -0.25) is 0 Å². The Balaban J connectivity index is 2.19. The van der Waals surface area contributed by atoms with Crippen LogP contribution in [0.1, 0.15) is 66.2 Å². The fourth-order valence-electron chi connectivity index (χ4n) is 3.00. The predicted octanol–water partition coefficient (Wildman–Crippen LogP) is 3.67. The SMILES string of the molecule is CCNC(CC)CCCN1CCCC(C)(C)CC1. The van der Waals surface area contributed by atoms with Gasteiger partial charge < -0.3 is 10.2 Å². The molecule has 0 radical (unpaired) electrons. The summed E-state index contributed by atoms with van der Waals surface area (Å²) in [7, 11) is 0. The number of nitrogens with one attached hydrogen (secondary N) is 1. The topological polar surface area (TPSA) is 15.3 Å². The van der Waals surface area contributed by atoms with Gasteiger partial charge in [-0.15, -0.1) is 0 Å². The number of rotatable bonds is 7. The highest BCUT2D eigenvalue weighted by Gasteiger charge is 2.22. The fourth-order valence-corrected chi connectivity index (χ4v) is 3.00. The average Bonchev–Trinajstić information content (AvgIpc) is 2.50. The van der Waals surface area contributed by atoms with Crippen molar-refractivity contribution in [3.05, 3.63) is 0 Å². The third-order valence-corrected chi connectivity index (χ3v) is 4.45. The van der Waals surface area contributed by atoms with E-state index in [1.165, 1.54) is 58.2 Å². The minimum Gasteiger partial charge on any atom is -0.314 e. The molecule has 108 valence electrons. The van der Waals surface area contributed by atoms with Crippen molar-refractivity contribution in [3.8, 4) is 0 Å². The Morgan fingerprint density at radius 2 is 1.94 bits per heavy atom. The maximum Gasteiger partial charge on any atom is 0.00647 e. The molecule has 1 N–H and O–H groups in total. The van der Waals surface area contributed by atoms with Crippen LogP contribution >= 0.6 is 0 Å². The van der Waals surface area contributed by atoms with Gasteiger partial charge in [0.25, 0.3) is 0 Å². The van der Waals surface area contributed by atoms with Gasteiger partial charge in [0, 0.05) is 6.04 Å². The largest absolute Gasteiger partial charge is 0.314 e. The van der Waals surface area contributed by atoms with Crippen LogP contribution in [0.3, 0.4) is 0 Å². The first kappa shape index (κ1) is 16.0. The third kappa shape index (κ3) is 6.19. The predicted molar refractivity (Wildman–Crippen MR) is 81.1 cm³/mol. The van der Waals surface area contributed by atoms with E-state index in [4.69, 9.17) is 0 Å². The first-order valence-corrected chi connectivity index (χ1v) is 8.03. The van der Waals surface area contributed by atoms with Gasteiger partial charge in [0.05, 0.1) is 0 Å². The summed E-state index contributed by atoms with van der Waals surface area (Å²) in [6.07, 6.45) is 8.12. The van der Waals surface area contributed by atoms with Crippen LogP contribution in [0.15, 0.2) is 0 Å².